The van der Waals surface area contributed by atoms with Crippen molar-refractivity contribution >= 4 is 17.5 Å². The molecule has 1 amide bonds. The van der Waals surface area contributed by atoms with E-state index in [2.05, 4.69) is 20.9 Å². The predicted octanol–water partition coefficient (Wildman–Crippen LogP) is 2.39. The molecule has 2 N–H and O–H groups in total. The minimum atomic E-state index is -4.55. The third kappa shape index (κ3) is 3.32. The van der Waals surface area contributed by atoms with Crippen LogP contribution >= 0.6 is 0 Å². The van der Waals surface area contributed by atoms with Gasteiger partial charge in [-0.2, -0.15) is 13.2 Å². The van der Waals surface area contributed by atoms with Crippen LogP contribution in [0, 0.1) is 0 Å². The Morgan fingerprint density at radius 1 is 1.13 bits per heavy atom. The lowest BCUT2D eigenvalue weighted by molar-refractivity contribution is -0.161. The van der Waals surface area contributed by atoms with Crippen LogP contribution in [0.2, 0.25) is 0 Å². The highest BCUT2D eigenvalue weighted by Crippen LogP contribution is 2.42. The van der Waals surface area contributed by atoms with Gasteiger partial charge in [0, 0.05) is 18.8 Å². The average Bonchev–Trinajstić information content (AvgIpc) is 3.47. The maximum absolute atomic E-state index is 13.9. The molecule has 2 aromatic rings. The number of allylic oxidation sites excluding steroid dienone is 1. The highest BCUT2D eigenvalue weighted by atomic mass is 19.4. The van der Waals surface area contributed by atoms with Gasteiger partial charge < -0.3 is 14.6 Å². The molecule has 11 heteroatoms. The monoisotopic (exact) mass is 434 g/mol. The maximum atomic E-state index is 13.9. The topological polar surface area (TPSA) is 86.5 Å². The summed E-state index contributed by atoms with van der Waals surface area (Å²) in [7, 11) is 0. The van der Waals surface area contributed by atoms with E-state index in [9.17, 15) is 18.0 Å². The fourth-order valence-electron chi connectivity index (χ4n) is 4.50. The van der Waals surface area contributed by atoms with E-state index in [1.54, 1.807) is 37.3 Å². The van der Waals surface area contributed by atoms with Gasteiger partial charge >= 0.3 is 12.2 Å². The molecular formula is C20H21F3N6O2. The van der Waals surface area contributed by atoms with Crippen LogP contribution in [0.3, 0.4) is 0 Å². The number of nitrogens with zero attached hydrogens (tertiary/aromatic N) is 4. The standard InChI is InChI=1S/C20H21F3N6O2/c1-11-13(17-25-26-19(31-17)28-9-5-6-10-28)18(30)29-16(24-11)14(12-7-3-2-4-8-12)15(27-29)20(21,22)23/h2-4,7-8,14-16,24,27H,5-6,9-10H2,1H3. The van der Waals surface area contributed by atoms with Crippen molar-refractivity contribution in [1.82, 2.24) is 25.9 Å². The lowest BCUT2D eigenvalue weighted by Gasteiger charge is -2.34. The third-order valence-electron chi connectivity index (χ3n) is 5.97. The first-order chi connectivity index (χ1) is 14.8. The summed E-state index contributed by atoms with van der Waals surface area (Å²) in [6.45, 7) is 3.20. The Hall–Kier alpha value is -3.08. The van der Waals surface area contributed by atoms with E-state index in [0.29, 0.717) is 17.3 Å². The lowest BCUT2D eigenvalue weighted by Crippen LogP contribution is -2.54. The summed E-state index contributed by atoms with van der Waals surface area (Å²) in [5.74, 6) is -1.67. The number of nitrogens with one attached hydrogen (secondary N) is 2. The zero-order chi connectivity index (χ0) is 21.8. The van der Waals surface area contributed by atoms with Crippen molar-refractivity contribution in [2.24, 2.45) is 0 Å². The van der Waals surface area contributed by atoms with Crippen molar-refractivity contribution in [2.75, 3.05) is 18.0 Å². The number of carbonyl (C=O) groups excluding carboxylic acids is 1. The Balaban J connectivity index is 1.50. The molecular weight excluding hydrogens is 413 g/mol. The van der Waals surface area contributed by atoms with Crippen LogP contribution in [-0.2, 0) is 4.79 Å². The normalized spacial score (nSPS) is 26.5. The Morgan fingerprint density at radius 2 is 1.84 bits per heavy atom. The van der Waals surface area contributed by atoms with Crippen LogP contribution in [0.1, 0.15) is 37.1 Å². The number of fused-ring (bicyclic) bond motifs is 1. The highest BCUT2D eigenvalue weighted by Gasteiger charge is 2.58. The number of aromatic nitrogens is 2. The SMILES string of the molecule is CC1=C(c2nnc(N3CCCC3)o2)C(=O)N2NC(C(F)(F)F)C(c3ccccc3)C2N1. The summed E-state index contributed by atoms with van der Waals surface area (Å²) in [6, 6.07) is 6.76. The number of carbonyl (C=O) groups is 1. The molecule has 1 aromatic heterocycles. The molecule has 3 atom stereocenters. The van der Waals surface area contributed by atoms with Crippen LogP contribution < -0.4 is 15.6 Å². The van der Waals surface area contributed by atoms with E-state index in [1.165, 1.54) is 0 Å². The molecule has 31 heavy (non-hydrogen) atoms. The van der Waals surface area contributed by atoms with Crippen LogP contribution in [0.5, 0.6) is 0 Å². The Kier molecular flexibility index (Phi) is 4.65. The molecule has 0 bridgehead atoms. The molecule has 3 unspecified atom stereocenters. The second-order valence-electron chi connectivity index (χ2n) is 7.93. The summed E-state index contributed by atoms with van der Waals surface area (Å²) in [4.78, 5) is 15.2. The second kappa shape index (κ2) is 7.26. The quantitative estimate of drug-likeness (QED) is 0.767. The molecule has 3 aliphatic heterocycles. The van der Waals surface area contributed by atoms with Crippen molar-refractivity contribution < 1.29 is 22.4 Å². The van der Waals surface area contributed by atoms with Crippen LogP contribution in [-0.4, -0.2) is 52.6 Å². The minimum Gasteiger partial charge on any atom is -0.403 e. The first kappa shape index (κ1) is 19.9. The number of benzene rings is 1. The van der Waals surface area contributed by atoms with Crippen molar-refractivity contribution in [2.45, 2.75) is 44.1 Å². The molecule has 164 valence electrons. The van der Waals surface area contributed by atoms with Crippen LogP contribution in [0.25, 0.3) is 5.57 Å². The minimum absolute atomic E-state index is 0.0103. The fraction of sp³-hybridized carbons (Fsp3) is 0.450. The molecule has 3 aliphatic rings. The third-order valence-corrected chi connectivity index (χ3v) is 5.97. The first-order valence-electron chi connectivity index (χ1n) is 10.1. The Labute approximate surface area is 176 Å². The number of alkyl halides is 3. The summed E-state index contributed by atoms with van der Waals surface area (Å²) < 4.78 is 47.3. The van der Waals surface area contributed by atoms with Crippen molar-refractivity contribution in [3.8, 4) is 0 Å². The number of halogens is 3. The van der Waals surface area contributed by atoms with Crippen molar-refractivity contribution in [3.05, 3.63) is 47.5 Å². The summed E-state index contributed by atoms with van der Waals surface area (Å²) in [6.07, 6.45) is -3.44. The molecule has 4 heterocycles. The van der Waals surface area contributed by atoms with Crippen LogP contribution in [0.4, 0.5) is 19.2 Å². The molecule has 2 fully saturated rings. The number of anilines is 1. The van der Waals surface area contributed by atoms with Gasteiger partial charge in [-0.3, -0.25) is 4.79 Å². The molecule has 0 spiro atoms. The maximum Gasteiger partial charge on any atom is 0.406 e. The molecule has 8 nitrogen and oxygen atoms in total. The van der Waals surface area contributed by atoms with E-state index in [4.69, 9.17) is 4.42 Å². The summed E-state index contributed by atoms with van der Waals surface area (Å²) >= 11 is 0. The van der Waals surface area contributed by atoms with Gasteiger partial charge in [0.2, 0.25) is 0 Å². The zero-order valence-electron chi connectivity index (χ0n) is 16.7. The Bertz CT molecular complexity index is 1020. The summed E-state index contributed by atoms with van der Waals surface area (Å²) in [5, 5.41) is 12.1. The average molecular weight is 434 g/mol. The zero-order valence-corrected chi connectivity index (χ0v) is 16.7. The van der Waals surface area contributed by atoms with Gasteiger partial charge in [-0.05, 0) is 25.3 Å². The number of rotatable bonds is 3. The second-order valence-corrected chi connectivity index (χ2v) is 7.93. The van der Waals surface area contributed by atoms with E-state index in [0.717, 1.165) is 30.9 Å². The van der Waals surface area contributed by atoms with Gasteiger partial charge in [-0.1, -0.05) is 35.4 Å². The van der Waals surface area contributed by atoms with E-state index < -0.39 is 30.2 Å². The Morgan fingerprint density at radius 3 is 2.52 bits per heavy atom. The predicted molar refractivity (Wildman–Crippen MR) is 104 cm³/mol. The number of hydrogen-bond acceptors (Lipinski definition) is 7. The number of hydrogen-bond donors (Lipinski definition) is 2. The van der Waals surface area contributed by atoms with Gasteiger partial charge in [0.1, 0.15) is 17.8 Å². The van der Waals surface area contributed by atoms with Crippen molar-refractivity contribution in [3.63, 3.8) is 0 Å². The van der Waals surface area contributed by atoms with E-state index in [1.807, 2.05) is 4.90 Å². The molecule has 0 radical (unpaired) electrons. The van der Waals surface area contributed by atoms with Gasteiger partial charge in [0.25, 0.3) is 11.8 Å². The summed E-state index contributed by atoms with van der Waals surface area (Å²) in [5.41, 5.74) is 3.32. The van der Waals surface area contributed by atoms with Crippen LogP contribution in [0.15, 0.2) is 40.4 Å². The van der Waals surface area contributed by atoms with Gasteiger partial charge in [-0.25, -0.2) is 10.4 Å². The van der Waals surface area contributed by atoms with Gasteiger partial charge in [-0.15, -0.1) is 5.10 Å². The number of amides is 1. The molecule has 5 rings (SSSR count). The van der Waals surface area contributed by atoms with Crippen molar-refractivity contribution in [1.29, 1.82) is 0 Å². The largest absolute Gasteiger partial charge is 0.406 e. The molecule has 1 aromatic carbocycles. The van der Waals surface area contributed by atoms with E-state index in [-0.39, 0.29) is 11.5 Å². The lowest BCUT2D eigenvalue weighted by atomic mass is 9.89. The highest BCUT2D eigenvalue weighted by molar-refractivity contribution is 6.19. The number of hydrazine groups is 1. The van der Waals surface area contributed by atoms with E-state index >= 15 is 0 Å². The smallest absolute Gasteiger partial charge is 0.403 e. The fourth-order valence-corrected chi connectivity index (χ4v) is 4.50. The van der Waals surface area contributed by atoms with Gasteiger partial charge in [0.15, 0.2) is 0 Å². The molecule has 0 aliphatic carbocycles. The first-order valence-corrected chi connectivity index (χ1v) is 10.1. The molecule has 2 saturated heterocycles. The molecule has 0 saturated carbocycles. The van der Waals surface area contributed by atoms with Gasteiger partial charge in [0.05, 0.1) is 5.92 Å².